The number of hydrogen-bond donors (Lipinski definition) is 1. The van der Waals surface area contributed by atoms with Crippen LogP contribution in [0, 0.1) is 5.92 Å². The number of rotatable bonds is 8. The Morgan fingerprint density at radius 1 is 1.21 bits per heavy atom. The lowest BCUT2D eigenvalue weighted by Crippen LogP contribution is -2.41. The summed E-state index contributed by atoms with van der Waals surface area (Å²) in [6.45, 7) is 0.134. The molecule has 2 aromatic carbocycles. The lowest BCUT2D eigenvalue weighted by Gasteiger charge is -2.26. The molecule has 1 aliphatic rings. The zero-order chi connectivity index (χ0) is 20.3. The van der Waals surface area contributed by atoms with E-state index in [0.717, 1.165) is 17.1 Å². The van der Waals surface area contributed by atoms with Crippen molar-refractivity contribution in [1.82, 2.24) is 5.32 Å². The van der Waals surface area contributed by atoms with E-state index in [4.69, 9.17) is 27.9 Å². The molecule has 0 aromatic heterocycles. The Morgan fingerprint density at radius 3 is 2.61 bits per heavy atom. The molecule has 0 radical (unpaired) electrons. The fourth-order valence-electron chi connectivity index (χ4n) is 2.70. The molecule has 2 aromatic rings. The van der Waals surface area contributed by atoms with E-state index >= 15 is 0 Å². The molecule has 1 amide bonds. The smallest absolute Gasteiger partial charge is 0.266 e. The van der Waals surface area contributed by atoms with Crippen molar-refractivity contribution in [1.29, 1.82) is 0 Å². The highest BCUT2D eigenvalue weighted by atomic mass is 35.5. The highest BCUT2D eigenvalue weighted by Crippen LogP contribution is 2.35. The third-order valence-electron chi connectivity index (χ3n) is 4.39. The minimum atomic E-state index is -4.18. The van der Waals surface area contributed by atoms with Crippen LogP contribution in [-0.4, -0.2) is 34.5 Å². The van der Waals surface area contributed by atoms with Crippen LogP contribution in [0.2, 0.25) is 10.0 Å². The van der Waals surface area contributed by atoms with Gasteiger partial charge in [0.15, 0.2) is 0 Å². The van der Waals surface area contributed by atoms with Crippen LogP contribution in [-0.2, 0) is 14.8 Å². The molecule has 150 valence electrons. The Hall–Kier alpha value is -1.96. The van der Waals surface area contributed by atoms with Gasteiger partial charge in [-0.1, -0.05) is 35.3 Å². The van der Waals surface area contributed by atoms with Gasteiger partial charge in [0.25, 0.3) is 10.0 Å². The summed E-state index contributed by atoms with van der Waals surface area (Å²) in [5.74, 6) is 0.390. The van der Waals surface area contributed by atoms with Crippen molar-refractivity contribution in [3.63, 3.8) is 0 Å². The van der Waals surface area contributed by atoms with Gasteiger partial charge >= 0.3 is 0 Å². The zero-order valence-corrected chi connectivity index (χ0v) is 17.5. The standard InChI is InChI=1S/C19H20Cl2N2O4S/c1-27-17-5-3-2-4-16(17)23(12-19(24)22-11-13-6-7-13)28(25,26)18-10-14(20)8-9-15(18)21/h2-5,8-10,13H,6-7,11-12H2,1H3,(H,22,24). The topological polar surface area (TPSA) is 75.7 Å². The summed E-state index contributed by atoms with van der Waals surface area (Å²) in [5, 5.41) is 3.03. The number of sulfonamides is 1. The number of nitrogens with one attached hydrogen (secondary N) is 1. The Kier molecular flexibility index (Phi) is 6.37. The zero-order valence-electron chi connectivity index (χ0n) is 15.2. The van der Waals surface area contributed by atoms with E-state index in [1.807, 2.05) is 0 Å². The van der Waals surface area contributed by atoms with Crippen molar-refractivity contribution >= 4 is 44.8 Å². The van der Waals surface area contributed by atoms with E-state index in [0.29, 0.717) is 18.2 Å². The Balaban J connectivity index is 2.01. The van der Waals surface area contributed by atoms with Crippen LogP contribution >= 0.6 is 23.2 Å². The SMILES string of the molecule is COc1ccccc1N(CC(=O)NCC1CC1)S(=O)(=O)c1cc(Cl)ccc1Cl. The Labute approximate surface area is 174 Å². The molecule has 28 heavy (non-hydrogen) atoms. The number of methoxy groups -OCH3 is 1. The van der Waals surface area contributed by atoms with Crippen molar-refractivity contribution in [3.05, 3.63) is 52.5 Å². The fourth-order valence-corrected chi connectivity index (χ4v) is 4.87. The Bertz CT molecular complexity index is 978. The number of carbonyl (C=O) groups excluding carboxylic acids is 1. The molecular formula is C19H20Cl2N2O4S. The highest BCUT2D eigenvalue weighted by molar-refractivity contribution is 7.93. The van der Waals surface area contributed by atoms with Crippen molar-refractivity contribution in [2.24, 2.45) is 5.92 Å². The third-order valence-corrected chi connectivity index (χ3v) is 6.86. The third kappa shape index (κ3) is 4.71. The number of halogens is 2. The molecule has 1 N–H and O–H groups in total. The van der Waals surface area contributed by atoms with Crippen molar-refractivity contribution in [2.75, 3.05) is 24.5 Å². The minimum Gasteiger partial charge on any atom is -0.495 e. The second kappa shape index (κ2) is 8.59. The number of hydrogen-bond acceptors (Lipinski definition) is 4. The van der Waals surface area contributed by atoms with Gasteiger partial charge in [-0.3, -0.25) is 9.10 Å². The predicted octanol–water partition coefficient (Wildman–Crippen LogP) is 3.72. The van der Waals surface area contributed by atoms with Gasteiger partial charge in [0.2, 0.25) is 5.91 Å². The van der Waals surface area contributed by atoms with Gasteiger partial charge in [0, 0.05) is 11.6 Å². The van der Waals surface area contributed by atoms with Gasteiger partial charge in [-0.2, -0.15) is 0 Å². The van der Waals surface area contributed by atoms with E-state index in [-0.39, 0.29) is 20.6 Å². The second-order valence-electron chi connectivity index (χ2n) is 6.51. The van der Waals surface area contributed by atoms with E-state index in [1.165, 1.54) is 25.3 Å². The van der Waals surface area contributed by atoms with Gasteiger partial charge in [0.1, 0.15) is 17.2 Å². The van der Waals surface area contributed by atoms with Crippen molar-refractivity contribution in [2.45, 2.75) is 17.7 Å². The average molecular weight is 443 g/mol. The number of anilines is 1. The molecule has 1 aliphatic carbocycles. The minimum absolute atomic E-state index is 0.0164. The van der Waals surface area contributed by atoms with Gasteiger partial charge in [-0.15, -0.1) is 0 Å². The van der Waals surface area contributed by atoms with Crippen LogP contribution < -0.4 is 14.4 Å². The first-order chi connectivity index (χ1) is 13.3. The molecule has 9 heteroatoms. The van der Waals surface area contributed by atoms with Crippen LogP contribution in [0.5, 0.6) is 5.75 Å². The summed E-state index contributed by atoms with van der Waals surface area (Å²) < 4.78 is 33.1. The number of carbonyl (C=O) groups is 1. The first-order valence-electron chi connectivity index (χ1n) is 8.70. The first kappa shape index (κ1) is 20.8. The summed E-state index contributed by atoms with van der Waals surface area (Å²) >= 11 is 12.1. The van der Waals surface area contributed by atoms with E-state index in [1.54, 1.807) is 24.3 Å². The lowest BCUT2D eigenvalue weighted by atomic mass is 10.3. The van der Waals surface area contributed by atoms with Crippen LogP contribution in [0.1, 0.15) is 12.8 Å². The van der Waals surface area contributed by atoms with E-state index < -0.39 is 22.5 Å². The van der Waals surface area contributed by atoms with Crippen LogP contribution in [0.4, 0.5) is 5.69 Å². The Morgan fingerprint density at radius 2 is 1.93 bits per heavy atom. The molecule has 0 atom stereocenters. The molecule has 6 nitrogen and oxygen atoms in total. The van der Waals surface area contributed by atoms with Crippen LogP contribution in [0.15, 0.2) is 47.4 Å². The number of amides is 1. The summed E-state index contributed by atoms with van der Waals surface area (Å²) in [5.41, 5.74) is 0.239. The van der Waals surface area contributed by atoms with Crippen molar-refractivity contribution < 1.29 is 17.9 Å². The van der Waals surface area contributed by atoms with E-state index in [2.05, 4.69) is 5.32 Å². The fraction of sp³-hybridized carbons (Fsp3) is 0.316. The summed E-state index contributed by atoms with van der Waals surface area (Å²) in [6, 6.07) is 10.8. The first-order valence-corrected chi connectivity index (χ1v) is 10.9. The van der Waals surface area contributed by atoms with Gasteiger partial charge in [0.05, 0.1) is 17.8 Å². The average Bonchev–Trinajstić information content (AvgIpc) is 3.50. The molecule has 0 bridgehead atoms. The largest absolute Gasteiger partial charge is 0.495 e. The maximum absolute atomic E-state index is 13.4. The van der Waals surface area contributed by atoms with E-state index in [9.17, 15) is 13.2 Å². The summed E-state index contributed by atoms with van der Waals surface area (Å²) in [7, 11) is -2.75. The maximum atomic E-state index is 13.4. The summed E-state index contributed by atoms with van der Waals surface area (Å²) in [4.78, 5) is 12.3. The molecule has 0 spiro atoms. The highest BCUT2D eigenvalue weighted by Gasteiger charge is 2.31. The summed E-state index contributed by atoms with van der Waals surface area (Å²) in [6.07, 6.45) is 2.15. The lowest BCUT2D eigenvalue weighted by molar-refractivity contribution is -0.119. The number of para-hydroxylation sites is 2. The predicted molar refractivity (Wildman–Crippen MR) is 110 cm³/mol. The molecule has 1 saturated carbocycles. The molecule has 0 aliphatic heterocycles. The van der Waals surface area contributed by atoms with Gasteiger partial charge in [-0.25, -0.2) is 8.42 Å². The van der Waals surface area contributed by atoms with Gasteiger partial charge in [-0.05, 0) is 49.1 Å². The normalized spacial score (nSPS) is 13.8. The van der Waals surface area contributed by atoms with Crippen LogP contribution in [0.3, 0.4) is 0 Å². The number of ether oxygens (including phenoxy) is 1. The molecule has 3 rings (SSSR count). The maximum Gasteiger partial charge on any atom is 0.266 e. The molecule has 1 fully saturated rings. The molecule has 0 heterocycles. The molecule has 0 unspecified atom stereocenters. The number of nitrogens with zero attached hydrogens (tertiary/aromatic N) is 1. The number of benzene rings is 2. The van der Waals surface area contributed by atoms with Crippen LogP contribution in [0.25, 0.3) is 0 Å². The monoisotopic (exact) mass is 442 g/mol. The van der Waals surface area contributed by atoms with Gasteiger partial charge < -0.3 is 10.1 Å². The quantitative estimate of drug-likeness (QED) is 0.675. The molecule has 0 saturated heterocycles. The molecular weight excluding hydrogens is 423 g/mol. The van der Waals surface area contributed by atoms with Crippen molar-refractivity contribution in [3.8, 4) is 5.75 Å². The second-order valence-corrected chi connectivity index (χ2v) is 9.18.